The molecule has 17 heavy (non-hydrogen) atoms. The van der Waals surface area contributed by atoms with E-state index in [-0.39, 0.29) is 22.9 Å². The Labute approximate surface area is 104 Å². The SMILES string of the molecule is Cc1cc(O)c(C(C)(C)C)cc1C(=O)C(C)C. The van der Waals surface area contributed by atoms with E-state index in [4.69, 9.17) is 0 Å². The summed E-state index contributed by atoms with van der Waals surface area (Å²) in [4.78, 5) is 12.1. The maximum absolute atomic E-state index is 12.1. The molecule has 0 saturated carbocycles. The third-order valence-corrected chi connectivity index (χ3v) is 2.94. The Morgan fingerprint density at radius 3 is 2.18 bits per heavy atom. The largest absolute Gasteiger partial charge is 0.508 e. The molecular weight excluding hydrogens is 212 g/mol. The van der Waals surface area contributed by atoms with Crippen molar-refractivity contribution in [2.24, 2.45) is 5.92 Å². The lowest BCUT2D eigenvalue weighted by molar-refractivity contribution is 0.0938. The van der Waals surface area contributed by atoms with Crippen LogP contribution in [0.5, 0.6) is 5.75 Å². The predicted octanol–water partition coefficient (Wildman–Crippen LogP) is 3.84. The standard InChI is InChI=1S/C15H22O2/c1-9(2)14(17)11-8-12(15(4,5)6)13(16)7-10(11)3/h7-9,16H,1-6H3. The molecule has 2 heteroatoms. The summed E-state index contributed by atoms with van der Waals surface area (Å²) in [6.45, 7) is 11.7. The molecule has 0 aromatic heterocycles. The van der Waals surface area contributed by atoms with E-state index in [2.05, 4.69) is 0 Å². The topological polar surface area (TPSA) is 37.3 Å². The van der Waals surface area contributed by atoms with Crippen molar-refractivity contribution < 1.29 is 9.90 Å². The Morgan fingerprint density at radius 2 is 1.76 bits per heavy atom. The molecule has 0 saturated heterocycles. The molecule has 1 aromatic rings. The van der Waals surface area contributed by atoms with Gasteiger partial charge < -0.3 is 5.11 Å². The monoisotopic (exact) mass is 234 g/mol. The van der Waals surface area contributed by atoms with E-state index in [0.717, 1.165) is 16.7 Å². The van der Waals surface area contributed by atoms with Crippen molar-refractivity contribution in [3.8, 4) is 5.75 Å². The van der Waals surface area contributed by atoms with Crippen molar-refractivity contribution >= 4 is 5.78 Å². The zero-order valence-electron chi connectivity index (χ0n) is 11.6. The lowest BCUT2D eigenvalue weighted by Gasteiger charge is -2.22. The molecule has 0 bridgehead atoms. The van der Waals surface area contributed by atoms with E-state index in [0.29, 0.717) is 0 Å². The van der Waals surface area contributed by atoms with E-state index in [9.17, 15) is 9.90 Å². The first-order chi connectivity index (χ1) is 7.64. The molecule has 0 aliphatic heterocycles. The lowest BCUT2D eigenvalue weighted by Crippen LogP contribution is -2.15. The van der Waals surface area contributed by atoms with Crippen molar-refractivity contribution in [3.63, 3.8) is 0 Å². The van der Waals surface area contributed by atoms with Crippen molar-refractivity contribution in [1.29, 1.82) is 0 Å². The average molecular weight is 234 g/mol. The van der Waals surface area contributed by atoms with Gasteiger partial charge in [0.05, 0.1) is 0 Å². The summed E-state index contributed by atoms with van der Waals surface area (Å²) < 4.78 is 0. The van der Waals surface area contributed by atoms with Crippen LogP contribution in [0.25, 0.3) is 0 Å². The summed E-state index contributed by atoms with van der Waals surface area (Å²) in [6.07, 6.45) is 0. The number of phenols is 1. The Kier molecular flexibility index (Phi) is 3.65. The van der Waals surface area contributed by atoms with Crippen molar-refractivity contribution in [1.82, 2.24) is 0 Å². The fourth-order valence-electron chi connectivity index (χ4n) is 1.87. The molecule has 94 valence electrons. The number of hydrogen-bond acceptors (Lipinski definition) is 2. The van der Waals surface area contributed by atoms with Gasteiger partial charge in [0.15, 0.2) is 5.78 Å². The maximum atomic E-state index is 12.1. The number of Topliss-reactive ketones (excluding diaryl/α,β-unsaturated/α-hetero) is 1. The summed E-state index contributed by atoms with van der Waals surface area (Å²) in [5, 5.41) is 9.96. The number of phenolic OH excluding ortho intramolecular Hbond substituents is 1. The van der Waals surface area contributed by atoms with Gasteiger partial charge in [-0.3, -0.25) is 4.79 Å². The molecule has 0 aliphatic rings. The van der Waals surface area contributed by atoms with Crippen LogP contribution in [-0.4, -0.2) is 10.9 Å². The second kappa shape index (κ2) is 4.52. The molecule has 0 spiro atoms. The van der Waals surface area contributed by atoms with Gasteiger partial charge in [0, 0.05) is 11.5 Å². The van der Waals surface area contributed by atoms with Crippen LogP contribution in [-0.2, 0) is 5.41 Å². The summed E-state index contributed by atoms with van der Waals surface area (Å²) in [7, 11) is 0. The highest BCUT2D eigenvalue weighted by atomic mass is 16.3. The Morgan fingerprint density at radius 1 is 1.24 bits per heavy atom. The van der Waals surface area contributed by atoms with Crippen LogP contribution >= 0.6 is 0 Å². The van der Waals surface area contributed by atoms with Gasteiger partial charge in [-0.2, -0.15) is 0 Å². The first-order valence-corrected chi connectivity index (χ1v) is 6.03. The highest BCUT2D eigenvalue weighted by Crippen LogP contribution is 2.33. The van der Waals surface area contributed by atoms with Gasteiger partial charge in [0.25, 0.3) is 0 Å². The second-order valence-corrected chi connectivity index (χ2v) is 5.95. The van der Waals surface area contributed by atoms with Gasteiger partial charge in [0.2, 0.25) is 0 Å². The lowest BCUT2D eigenvalue weighted by atomic mass is 9.83. The van der Waals surface area contributed by atoms with Gasteiger partial charge in [0.1, 0.15) is 5.75 Å². The van der Waals surface area contributed by atoms with E-state index in [1.165, 1.54) is 0 Å². The smallest absolute Gasteiger partial charge is 0.165 e. The zero-order chi connectivity index (χ0) is 13.4. The summed E-state index contributed by atoms with van der Waals surface area (Å²) >= 11 is 0. The summed E-state index contributed by atoms with van der Waals surface area (Å²) in [6, 6.07) is 3.53. The third-order valence-electron chi connectivity index (χ3n) is 2.94. The number of aromatic hydroxyl groups is 1. The molecule has 1 N–H and O–H groups in total. The Hall–Kier alpha value is -1.31. The van der Waals surface area contributed by atoms with Crippen molar-refractivity contribution in [2.75, 3.05) is 0 Å². The minimum atomic E-state index is -0.163. The van der Waals surface area contributed by atoms with Crippen LogP contribution in [0, 0.1) is 12.8 Å². The van der Waals surface area contributed by atoms with Crippen LogP contribution in [0.3, 0.4) is 0 Å². The summed E-state index contributed by atoms with van der Waals surface area (Å²) in [5.41, 5.74) is 2.23. The van der Waals surface area contributed by atoms with Crippen LogP contribution < -0.4 is 0 Å². The molecular formula is C15H22O2. The molecule has 0 amide bonds. The minimum Gasteiger partial charge on any atom is -0.508 e. The quantitative estimate of drug-likeness (QED) is 0.789. The van der Waals surface area contributed by atoms with Gasteiger partial charge in [-0.1, -0.05) is 34.6 Å². The number of benzene rings is 1. The van der Waals surface area contributed by atoms with Crippen molar-refractivity contribution in [3.05, 3.63) is 28.8 Å². The zero-order valence-corrected chi connectivity index (χ0v) is 11.6. The number of hydrogen-bond donors (Lipinski definition) is 1. The van der Waals surface area contributed by atoms with E-state index in [1.807, 2.05) is 47.6 Å². The van der Waals surface area contributed by atoms with Gasteiger partial charge in [-0.15, -0.1) is 0 Å². The van der Waals surface area contributed by atoms with Crippen LogP contribution in [0.2, 0.25) is 0 Å². The van der Waals surface area contributed by atoms with Gasteiger partial charge in [-0.05, 0) is 35.6 Å². The average Bonchev–Trinajstić information content (AvgIpc) is 2.14. The normalized spacial score (nSPS) is 11.9. The van der Waals surface area contributed by atoms with E-state index >= 15 is 0 Å². The van der Waals surface area contributed by atoms with Crippen LogP contribution in [0.4, 0.5) is 0 Å². The molecule has 1 rings (SSSR count). The van der Waals surface area contributed by atoms with E-state index < -0.39 is 0 Å². The van der Waals surface area contributed by atoms with Crippen LogP contribution in [0.1, 0.15) is 56.1 Å². The second-order valence-electron chi connectivity index (χ2n) is 5.95. The first kappa shape index (κ1) is 13.8. The van der Waals surface area contributed by atoms with Crippen molar-refractivity contribution in [2.45, 2.75) is 47.0 Å². The van der Waals surface area contributed by atoms with Gasteiger partial charge >= 0.3 is 0 Å². The molecule has 0 aliphatic carbocycles. The Bertz CT molecular complexity index is 437. The molecule has 1 aromatic carbocycles. The van der Waals surface area contributed by atoms with Gasteiger partial charge in [-0.25, -0.2) is 0 Å². The molecule has 0 atom stereocenters. The fraction of sp³-hybridized carbons (Fsp3) is 0.533. The molecule has 0 heterocycles. The number of carbonyl (C=O) groups excluding carboxylic acids is 1. The van der Waals surface area contributed by atoms with E-state index in [1.54, 1.807) is 6.07 Å². The number of ketones is 1. The molecule has 0 fully saturated rings. The highest BCUT2D eigenvalue weighted by molar-refractivity contribution is 5.99. The molecule has 2 nitrogen and oxygen atoms in total. The highest BCUT2D eigenvalue weighted by Gasteiger charge is 2.22. The predicted molar refractivity (Wildman–Crippen MR) is 70.7 cm³/mol. The van der Waals surface area contributed by atoms with Crippen LogP contribution in [0.15, 0.2) is 12.1 Å². The fourth-order valence-corrected chi connectivity index (χ4v) is 1.87. The number of carbonyl (C=O) groups is 1. The third kappa shape index (κ3) is 2.87. The minimum absolute atomic E-state index is 0.0222. The number of rotatable bonds is 2. The maximum Gasteiger partial charge on any atom is 0.165 e. The molecule has 0 unspecified atom stereocenters. The summed E-state index contributed by atoms with van der Waals surface area (Å²) in [5.74, 6) is 0.384. The first-order valence-electron chi connectivity index (χ1n) is 6.03. The number of aryl methyl sites for hydroxylation is 1. The Balaban J connectivity index is 3.39. The molecule has 0 radical (unpaired) electrons.